The molecular weight excluding hydrogens is 602 g/mol. The maximum absolute atomic E-state index is 11.8. The molecule has 0 aliphatic carbocycles. The van der Waals surface area contributed by atoms with Gasteiger partial charge in [0.1, 0.15) is 11.4 Å². The molecule has 4 heterocycles. The van der Waals surface area contributed by atoms with Crippen LogP contribution in [0.5, 0.6) is 5.75 Å². The molecule has 0 radical (unpaired) electrons. The number of aromatic nitrogens is 4. The Bertz CT molecular complexity index is 1570. The van der Waals surface area contributed by atoms with E-state index in [9.17, 15) is 9.90 Å². The van der Waals surface area contributed by atoms with Crippen molar-refractivity contribution >= 4 is 11.8 Å². The molecule has 1 aromatic carbocycles. The smallest absolute Gasteiger partial charge is 0.407 e. The number of allylic oxidation sites excluding steroid dienone is 1. The minimum absolute atomic E-state index is 0.171. The van der Waals surface area contributed by atoms with Gasteiger partial charge >= 0.3 is 6.09 Å². The molecule has 5 rings (SSSR count). The molecule has 2 atom stereocenters. The highest BCUT2D eigenvalue weighted by Gasteiger charge is 2.23. The van der Waals surface area contributed by atoms with E-state index in [1.165, 1.54) is 12.8 Å². The van der Waals surface area contributed by atoms with E-state index in [1.807, 2.05) is 64.2 Å². The van der Waals surface area contributed by atoms with Gasteiger partial charge in [0.25, 0.3) is 0 Å². The number of phenols is 1. The van der Waals surface area contributed by atoms with Crippen LogP contribution in [-0.4, -0.2) is 80.6 Å². The Kier molecular flexibility index (Phi) is 13.3. The van der Waals surface area contributed by atoms with Crippen LogP contribution in [0.2, 0.25) is 0 Å². The molecule has 1 saturated heterocycles. The maximum atomic E-state index is 11.8. The number of rotatable bonds is 5. The number of anilines is 1. The molecule has 10 nitrogen and oxygen atoms in total. The van der Waals surface area contributed by atoms with Crippen molar-refractivity contribution in [1.29, 1.82) is 0 Å². The lowest BCUT2D eigenvalue weighted by molar-refractivity contribution is 0.0481. The molecule has 10 heteroatoms. The molecule has 1 amide bonds. The van der Waals surface area contributed by atoms with E-state index in [4.69, 9.17) is 4.74 Å². The Morgan fingerprint density at radius 3 is 2.65 bits per heavy atom. The Morgan fingerprint density at radius 2 is 1.94 bits per heavy atom. The standard InChI is InChI=1S/C20H25N3O.C18H26N4O2/c1-3-16-7-6-10-23(14-15(2)11-16)17-12-19(22-21-13-17)18-8-4-5-9-20(18)24;1-14-7-10-19-16(20-14)6-5-11-22-12-8-15(9-13-22)21-17(23)24-18(2,3)4/h4-9,12-13,15-16,24H,3,10-11,14H2,1-2H3;7,10,15H,8-9,11-13H2,1-4H3,(H,21,23)/b7-6-;. The zero-order valence-electron chi connectivity index (χ0n) is 29.3. The normalized spacial score (nSPS) is 19.4. The van der Waals surface area contributed by atoms with Gasteiger partial charge in [-0.05, 0) is 95.4 Å². The second-order valence-electron chi connectivity index (χ2n) is 13.7. The second kappa shape index (κ2) is 17.6. The molecule has 0 bridgehead atoms. The topological polar surface area (TPSA) is 117 Å². The summed E-state index contributed by atoms with van der Waals surface area (Å²) in [6, 6.07) is 11.3. The fourth-order valence-electron chi connectivity index (χ4n) is 5.82. The van der Waals surface area contributed by atoms with E-state index in [1.54, 1.807) is 12.3 Å². The molecule has 2 aliphatic heterocycles. The van der Waals surface area contributed by atoms with Gasteiger partial charge in [0.05, 0.1) is 24.1 Å². The molecule has 3 aromatic rings. The molecule has 1 fully saturated rings. The summed E-state index contributed by atoms with van der Waals surface area (Å²) in [7, 11) is 0. The van der Waals surface area contributed by atoms with E-state index < -0.39 is 5.60 Å². The van der Waals surface area contributed by atoms with Crippen LogP contribution >= 0.6 is 0 Å². The van der Waals surface area contributed by atoms with Gasteiger partial charge in [-0.1, -0.05) is 44.1 Å². The first kappa shape index (κ1) is 36.3. The lowest BCUT2D eigenvalue weighted by atomic mass is 9.91. The highest BCUT2D eigenvalue weighted by Crippen LogP contribution is 2.30. The number of hydrogen-bond acceptors (Lipinski definition) is 9. The first-order valence-electron chi connectivity index (χ1n) is 17.0. The van der Waals surface area contributed by atoms with Crippen LogP contribution in [-0.2, 0) is 4.74 Å². The molecule has 0 saturated carbocycles. The zero-order chi connectivity index (χ0) is 34.5. The van der Waals surface area contributed by atoms with Crippen LogP contribution in [0.1, 0.15) is 71.8 Å². The summed E-state index contributed by atoms with van der Waals surface area (Å²) < 4.78 is 5.29. The van der Waals surface area contributed by atoms with E-state index >= 15 is 0 Å². The summed E-state index contributed by atoms with van der Waals surface area (Å²) in [5.41, 5.74) is 2.93. The number of nitrogens with one attached hydrogen (secondary N) is 1. The summed E-state index contributed by atoms with van der Waals surface area (Å²) in [6.45, 7) is 16.5. The van der Waals surface area contributed by atoms with Crippen LogP contribution in [0.15, 0.2) is 60.9 Å². The Balaban J connectivity index is 0.000000217. The molecule has 2 N–H and O–H groups in total. The third-order valence-electron chi connectivity index (χ3n) is 8.29. The quantitative estimate of drug-likeness (QED) is 0.238. The number of carbonyl (C=O) groups is 1. The van der Waals surface area contributed by atoms with Crippen LogP contribution in [0.4, 0.5) is 10.5 Å². The fraction of sp³-hybridized carbons (Fsp3) is 0.500. The number of alkyl carbamates (subject to hydrolysis) is 1. The van der Waals surface area contributed by atoms with Crippen molar-refractivity contribution < 1.29 is 14.6 Å². The summed E-state index contributed by atoms with van der Waals surface area (Å²) in [5, 5.41) is 21.4. The zero-order valence-corrected chi connectivity index (χ0v) is 29.3. The van der Waals surface area contributed by atoms with Crippen molar-refractivity contribution in [1.82, 2.24) is 30.4 Å². The van der Waals surface area contributed by atoms with Crippen molar-refractivity contribution in [2.24, 2.45) is 11.8 Å². The second-order valence-corrected chi connectivity index (χ2v) is 13.7. The third-order valence-corrected chi connectivity index (χ3v) is 8.29. The third kappa shape index (κ3) is 11.9. The lowest BCUT2D eigenvalue weighted by Gasteiger charge is -2.31. The number of carbonyl (C=O) groups excluding carboxylic acids is 1. The molecule has 2 aliphatic rings. The Morgan fingerprint density at radius 1 is 1.17 bits per heavy atom. The number of hydrogen-bond donors (Lipinski definition) is 2. The van der Waals surface area contributed by atoms with Gasteiger partial charge in [-0.25, -0.2) is 14.8 Å². The molecule has 2 aromatic heterocycles. The minimum atomic E-state index is -0.460. The Labute approximate surface area is 286 Å². The maximum Gasteiger partial charge on any atom is 0.407 e. The number of piperidine rings is 1. The van der Waals surface area contributed by atoms with Gasteiger partial charge in [0.15, 0.2) is 0 Å². The number of aromatic hydroxyl groups is 1. The van der Waals surface area contributed by atoms with Crippen molar-refractivity contribution in [3.63, 3.8) is 0 Å². The van der Waals surface area contributed by atoms with Crippen LogP contribution in [0, 0.1) is 30.6 Å². The van der Waals surface area contributed by atoms with Crippen molar-refractivity contribution in [3.05, 3.63) is 72.5 Å². The van der Waals surface area contributed by atoms with Crippen molar-refractivity contribution in [2.45, 2.75) is 78.9 Å². The van der Waals surface area contributed by atoms with Crippen LogP contribution < -0.4 is 10.2 Å². The number of ether oxygens (including phenoxy) is 1. The van der Waals surface area contributed by atoms with E-state index in [0.29, 0.717) is 35.5 Å². The minimum Gasteiger partial charge on any atom is -0.507 e. The van der Waals surface area contributed by atoms with Gasteiger partial charge in [0.2, 0.25) is 5.82 Å². The number of benzene rings is 1. The fourth-order valence-corrected chi connectivity index (χ4v) is 5.82. The van der Waals surface area contributed by atoms with E-state index in [2.05, 4.69) is 73.1 Å². The predicted molar refractivity (Wildman–Crippen MR) is 191 cm³/mol. The molecule has 48 heavy (non-hydrogen) atoms. The van der Waals surface area contributed by atoms with Gasteiger partial charge in [-0.3, -0.25) is 4.90 Å². The number of nitrogens with zero attached hydrogens (tertiary/aromatic N) is 6. The SMILES string of the molecule is CCC1/C=C\CN(c2cnnc(-c3ccccc3O)c2)CC(C)C1.Cc1ccnc(C#CCN2CCC(NC(=O)OC(C)(C)C)CC2)n1. The average molecular weight is 654 g/mol. The highest BCUT2D eigenvalue weighted by molar-refractivity contribution is 5.69. The Hall–Kier alpha value is -4.49. The summed E-state index contributed by atoms with van der Waals surface area (Å²) in [5.74, 6) is 8.24. The number of para-hydroxylation sites is 1. The largest absolute Gasteiger partial charge is 0.507 e. The van der Waals surface area contributed by atoms with Gasteiger partial charge in [0, 0.05) is 49.7 Å². The average Bonchev–Trinajstić information content (AvgIpc) is 3.03. The summed E-state index contributed by atoms with van der Waals surface area (Å²) in [4.78, 5) is 24.8. The van der Waals surface area contributed by atoms with E-state index in [0.717, 1.165) is 50.4 Å². The number of aryl methyl sites for hydroxylation is 1. The predicted octanol–water partition coefficient (Wildman–Crippen LogP) is 6.40. The summed E-state index contributed by atoms with van der Waals surface area (Å²) in [6.07, 6.45) is 12.0. The van der Waals surface area contributed by atoms with Crippen LogP contribution in [0.25, 0.3) is 11.3 Å². The van der Waals surface area contributed by atoms with Gasteiger partial charge in [-0.2, -0.15) is 10.2 Å². The number of amides is 1. The van der Waals surface area contributed by atoms with Crippen LogP contribution in [0.3, 0.4) is 0 Å². The monoisotopic (exact) mass is 653 g/mol. The molecule has 2 unspecified atom stereocenters. The molecule has 256 valence electrons. The van der Waals surface area contributed by atoms with E-state index in [-0.39, 0.29) is 17.9 Å². The number of phenolic OH excluding ortho intramolecular Hbond substituents is 1. The first-order chi connectivity index (χ1) is 23.0. The molecular formula is C38H51N7O3. The van der Waals surface area contributed by atoms with Gasteiger partial charge in [-0.15, -0.1) is 0 Å². The van der Waals surface area contributed by atoms with Crippen molar-refractivity contribution in [3.8, 4) is 28.8 Å². The summed E-state index contributed by atoms with van der Waals surface area (Å²) >= 11 is 0. The number of likely N-dealkylation sites (tertiary alicyclic amines) is 1. The van der Waals surface area contributed by atoms with Gasteiger partial charge < -0.3 is 20.1 Å². The molecule has 0 spiro atoms. The first-order valence-corrected chi connectivity index (χ1v) is 17.0. The lowest BCUT2D eigenvalue weighted by Crippen LogP contribution is -2.46. The highest BCUT2D eigenvalue weighted by atomic mass is 16.6. The van der Waals surface area contributed by atoms with Crippen molar-refractivity contribution in [2.75, 3.05) is 37.6 Å².